The Kier molecular flexibility index (Phi) is 4.56. The van der Waals surface area contributed by atoms with Crippen LogP contribution in [0.3, 0.4) is 0 Å². The number of aryl methyl sites for hydroxylation is 1. The Hall–Kier alpha value is -0.990. The van der Waals surface area contributed by atoms with Gasteiger partial charge in [0.1, 0.15) is 11.9 Å². The molecule has 2 aromatic carbocycles. The number of alkyl halides is 1. The molecular weight excluding hydrogens is 348 g/mol. The first-order chi connectivity index (χ1) is 10.2. The number of hydrogen-bond donors (Lipinski definition) is 0. The summed E-state index contributed by atoms with van der Waals surface area (Å²) < 4.78 is 6.09. The van der Waals surface area contributed by atoms with Crippen molar-refractivity contribution in [1.82, 2.24) is 0 Å². The summed E-state index contributed by atoms with van der Waals surface area (Å²) in [5.74, 6) is 1.41. The van der Waals surface area contributed by atoms with Crippen molar-refractivity contribution in [3.63, 3.8) is 0 Å². The van der Waals surface area contributed by atoms with E-state index < -0.39 is 0 Å². The quantitative estimate of drug-likeness (QED) is 0.648. The second kappa shape index (κ2) is 6.41. The number of fused-ring (bicyclic) bond motifs is 1. The third-order valence-corrected chi connectivity index (χ3v) is 5.16. The van der Waals surface area contributed by atoms with Crippen LogP contribution in [-0.2, 0) is 6.42 Å². The van der Waals surface area contributed by atoms with Crippen LogP contribution in [0.1, 0.15) is 29.0 Å². The van der Waals surface area contributed by atoms with Gasteiger partial charge in [-0.15, -0.1) is 0 Å². The zero-order valence-corrected chi connectivity index (χ0v) is 14.3. The second-order valence-electron chi connectivity index (χ2n) is 5.66. The molecule has 110 valence electrons. The van der Waals surface area contributed by atoms with E-state index in [1.807, 2.05) is 18.2 Å². The molecule has 0 spiro atoms. The highest BCUT2D eigenvalue weighted by Crippen LogP contribution is 2.36. The predicted molar refractivity (Wildman–Crippen MR) is 91.9 cm³/mol. The van der Waals surface area contributed by atoms with Gasteiger partial charge in [-0.2, -0.15) is 0 Å². The molecule has 1 heterocycles. The molecule has 0 saturated carbocycles. The summed E-state index contributed by atoms with van der Waals surface area (Å²) in [6.07, 6.45) is 2.20. The molecule has 0 radical (unpaired) electrons. The van der Waals surface area contributed by atoms with Crippen molar-refractivity contribution >= 4 is 27.5 Å². The minimum atomic E-state index is 0.237. The zero-order valence-electron chi connectivity index (χ0n) is 12.0. The Morgan fingerprint density at radius 2 is 2.10 bits per heavy atom. The van der Waals surface area contributed by atoms with Crippen LogP contribution in [0.4, 0.5) is 0 Å². The van der Waals surface area contributed by atoms with Crippen LogP contribution in [0.15, 0.2) is 42.5 Å². The van der Waals surface area contributed by atoms with Crippen LogP contribution >= 0.6 is 27.5 Å². The van der Waals surface area contributed by atoms with Gasteiger partial charge in [0.25, 0.3) is 0 Å². The van der Waals surface area contributed by atoms with Gasteiger partial charge in [0.15, 0.2) is 0 Å². The van der Waals surface area contributed by atoms with Crippen LogP contribution in [0.5, 0.6) is 5.75 Å². The van der Waals surface area contributed by atoms with E-state index in [9.17, 15) is 0 Å². The minimum absolute atomic E-state index is 0.237. The molecule has 2 aromatic rings. The largest absolute Gasteiger partial charge is 0.490 e. The number of halogens is 2. The maximum atomic E-state index is 6.33. The summed E-state index contributed by atoms with van der Waals surface area (Å²) >= 11 is 9.96. The lowest BCUT2D eigenvalue weighted by Gasteiger charge is -2.20. The number of hydrogen-bond acceptors (Lipinski definition) is 1. The average Bonchev–Trinajstić information content (AvgIpc) is 2.87. The highest BCUT2D eigenvalue weighted by Gasteiger charge is 2.26. The van der Waals surface area contributed by atoms with Gasteiger partial charge in [-0.25, -0.2) is 0 Å². The molecule has 0 amide bonds. The molecule has 21 heavy (non-hydrogen) atoms. The normalized spacial score (nSPS) is 18.1. The van der Waals surface area contributed by atoms with Crippen LogP contribution in [-0.4, -0.2) is 11.4 Å². The van der Waals surface area contributed by atoms with Crippen molar-refractivity contribution in [3.8, 4) is 5.75 Å². The van der Waals surface area contributed by atoms with Gasteiger partial charge in [0.05, 0.1) is 0 Å². The third-order valence-electron chi connectivity index (χ3n) is 4.04. The van der Waals surface area contributed by atoms with E-state index in [4.69, 9.17) is 16.3 Å². The molecule has 1 aliphatic heterocycles. The zero-order chi connectivity index (χ0) is 14.8. The lowest BCUT2D eigenvalue weighted by Crippen LogP contribution is -2.18. The van der Waals surface area contributed by atoms with Gasteiger partial charge in [0, 0.05) is 16.8 Å². The third kappa shape index (κ3) is 3.27. The standard InChI is InChI=1S/C18H18BrClO/c1-12-6-7-18-13(8-12)9-15(21-18)10-14(11-19)16-4-2-3-5-17(16)20/h2-8,14-15H,9-11H2,1H3. The van der Waals surface area contributed by atoms with Crippen LogP contribution in [0.2, 0.25) is 5.02 Å². The molecule has 1 aliphatic rings. The average molecular weight is 366 g/mol. The SMILES string of the molecule is Cc1ccc2c(c1)CC(CC(CBr)c1ccccc1Cl)O2. The highest BCUT2D eigenvalue weighted by atomic mass is 79.9. The Morgan fingerprint density at radius 1 is 1.29 bits per heavy atom. The van der Waals surface area contributed by atoms with E-state index in [2.05, 4.69) is 47.1 Å². The van der Waals surface area contributed by atoms with Crippen molar-refractivity contribution in [1.29, 1.82) is 0 Å². The van der Waals surface area contributed by atoms with E-state index in [-0.39, 0.29) is 6.10 Å². The second-order valence-corrected chi connectivity index (χ2v) is 6.72. The van der Waals surface area contributed by atoms with E-state index in [0.29, 0.717) is 5.92 Å². The first kappa shape index (κ1) is 14.9. The fraction of sp³-hybridized carbons (Fsp3) is 0.333. The Morgan fingerprint density at radius 3 is 2.86 bits per heavy atom. The molecule has 0 saturated heterocycles. The summed E-state index contributed by atoms with van der Waals surface area (Å²) in [5.41, 5.74) is 3.82. The minimum Gasteiger partial charge on any atom is -0.490 e. The molecule has 3 heteroatoms. The number of benzene rings is 2. The molecule has 2 atom stereocenters. The van der Waals surface area contributed by atoms with Crippen molar-refractivity contribution in [2.24, 2.45) is 0 Å². The van der Waals surface area contributed by atoms with Crippen molar-refractivity contribution in [3.05, 3.63) is 64.2 Å². The van der Waals surface area contributed by atoms with Crippen LogP contribution in [0, 0.1) is 6.92 Å². The summed E-state index contributed by atoms with van der Waals surface area (Å²) in [6, 6.07) is 14.5. The topological polar surface area (TPSA) is 9.23 Å². The Bertz CT molecular complexity index is 641. The van der Waals surface area contributed by atoms with E-state index in [1.165, 1.54) is 16.7 Å². The summed E-state index contributed by atoms with van der Waals surface area (Å²) in [7, 11) is 0. The molecular formula is C18H18BrClO. The van der Waals surface area contributed by atoms with Crippen LogP contribution in [0.25, 0.3) is 0 Å². The van der Waals surface area contributed by atoms with Crippen molar-refractivity contribution in [2.45, 2.75) is 31.8 Å². The smallest absolute Gasteiger partial charge is 0.123 e. The molecule has 0 aromatic heterocycles. The number of rotatable bonds is 4. The van der Waals surface area contributed by atoms with Gasteiger partial charge in [0.2, 0.25) is 0 Å². The van der Waals surface area contributed by atoms with Crippen molar-refractivity contribution in [2.75, 3.05) is 5.33 Å². The molecule has 2 unspecified atom stereocenters. The summed E-state index contributed by atoms with van der Waals surface area (Å²) in [4.78, 5) is 0. The fourth-order valence-electron chi connectivity index (χ4n) is 2.98. The molecule has 0 N–H and O–H groups in total. The monoisotopic (exact) mass is 364 g/mol. The molecule has 1 nitrogen and oxygen atoms in total. The van der Waals surface area contributed by atoms with Crippen LogP contribution < -0.4 is 4.74 Å². The number of ether oxygens (including phenoxy) is 1. The lowest BCUT2D eigenvalue weighted by atomic mass is 9.93. The highest BCUT2D eigenvalue weighted by molar-refractivity contribution is 9.09. The van der Waals surface area contributed by atoms with Gasteiger partial charge >= 0.3 is 0 Å². The van der Waals surface area contributed by atoms with Gasteiger partial charge in [-0.1, -0.05) is 63.4 Å². The maximum absolute atomic E-state index is 6.33. The first-order valence-corrected chi connectivity index (χ1v) is 8.74. The predicted octanol–water partition coefficient (Wildman–Crippen LogP) is 5.52. The summed E-state index contributed by atoms with van der Waals surface area (Å²) in [6.45, 7) is 2.12. The fourth-order valence-corrected chi connectivity index (χ4v) is 3.88. The maximum Gasteiger partial charge on any atom is 0.123 e. The first-order valence-electron chi connectivity index (χ1n) is 7.24. The van der Waals surface area contributed by atoms with Crippen molar-refractivity contribution < 1.29 is 4.74 Å². The van der Waals surface area contributed by atoms with E-state index >= 15 is 0 Å². The van der Waals surface area contributed by atoms with Gasteiger partial charge in [-0.05, 0) is 42.5 Å². The summed E-state index contributed by atoms with van der Waals surface area (Å²) in [5, 5.41) is 1.74. The Balaban J connectivity index is 1.74. The molecule has 0 aliphatic carbocycles. The van der Waals surface area contributed by atoms with Gasteiger partial charge in [-0.3, -0.25) is 0 Å². The Labute approximate surface area is 139 Å². The van der Waals surface area contributed by atoms with Gasteiger partial charge < -0.3 is 4.74 Å². The molecule has 0 bridgehead atoms. The lowest BCUT2D eigenvalue weighted by molar-refractivity contribution is 0.213. The molecule has 3 rings (SSSR count). The van der Waals surface area contributed by atoms with E-state index in [1.54, 1.807) is 0 Å². The molecule has 0 fully saturated rings. The van der Waals surface area contributed by atoms with E-state index in [0.717, 1.165) is 28.9 Å².